The minimum atomic E-state index is -0.297. The summed E-state index contributed by atoms with van der Waals surface area (Å²) in [6.45, 7) is 4.83. The summed E-state index contributed by atoms with van der Waals surface area (Å²) in [4.78, 5) is 14.0. The van der Waals surface area contributed by atoms with Gasteiger partial charge in [0.15, 0.2) is 0 Å². The molecule has 0 fully saturated rings. The highest BCUT2D eigenvalue weighted by molar-refractivity contribution is 5.90. The molecule has 0 saturated carbocycles. The zero-order valence-corrected chi connectivity index (χ0v) is 12.3. The first-order valence-electron chi connectivity index (χ1n) is 6.61. The van der Waals surface area contributed by atoms with Crippen molar-refractivity contribution in [2.75, 3.05) is 33.8 Å². The summed E-state index contributed by atoms with van der Waals surface area (Å²) in [5.41, 5.74) is 1.45. The average molecular weight is 268 g/mol. The van der Waals surface area contributed by atoms with Crippen LogP contribution in [0.25, 0.3) is 0 Å². The lowest BCUT2D eigenvalue weighted by molar-refractivity contribution is 0.0524. The molecule has 0 aliphatic carbocycles. The number of nitrogens with one attached hydrogen (secondary N) is 1. The largest absolute Gasteiger partial charge is 0.462 e. The molecule has 0 amide bonds. The van der Waals surface area contributed by atoms with Crippen molar-refractivity contribution in [1.82, 2.24) is 20.0 Å². The van der Waals surface area contributed by atoms with Crippen LogP contribution in [0, 0.1) is 0 Å². The highest BCUT2D eigenvalue weighted by Gasteiger charge is 2.18. The first-order valence-corrected chi connectivity index (χ1v) is 6.61. The minimum Gasteiger partial charge on any atom is -0.462 e. The smallest absolute Gasteiger partial charge is 0.341 e. The summed E-state index contributed by atoms with van der Waals surface area (Å²) < 4.78 is 6.78. The number of rotatable bonds is 8. The fourth-order valence-corrected chi connectivity index (χ4v) is 1.89. The molecule has 0 aliphatic rings. The van der Waals surface area contributed by atoms with E-state index >= 15 is 0 Å². The van der Waals surface area contributed by atoms with Gasteiger partial charge in [0.1, 0.15) is 5.56 Å². The van der Waals surface area contributed by atoms with Gasteiger partial charge >= 0.3 is 5.97 Å². The van der Waals surface area contributed by atoms with Crippen molar-refractivity contribution < 1.29 is 9.53 Å². The first-order chi connectivity index (χ1) is 9.10. The maximum absolute atomic E-state index is 11.8. The SMILES string of the molecule is CCOC(=O)c1cnn(C)c1CN(C)CCCNC. The zero-order valence-electron chi connectivity index (χ0n) is 12.3. The summed E-state index contributed by atoms with van der Waals surface area (Å²) >= 11 is 0. The Labute approximate surface area is 114 Å². The van der Waals surface area contributed by atoms with Gasteiger partial charge in [0, 0.05) is 13.6 Å². The Morgan fingerprint density at radius 3 is 2.95 bits per heavy atom. The second kappa shape index (κ2) is 7.91. The van der Waals surface area contributed by atoms with Crippen LogP contribution < -0.4 is 5.32 Å². The molecule has 0 aliphatic heterocycles. The van der Waals surface area contributed by atoms with Gasteiger partial charge in [-0.2, -0.15) is 5.10 Å². The van der Waals surface area contributed by atoms with Crippen LogP contribution in [-0.2, 0) is 18.3 Å². The number of nitrogens with zero attached hydrogens (tertiary/aromatic N) is 3. The van der Waals surface area contributed by atoms with Crippen LogP contribution in [0.2, 0.25) is 0 Å². The topological polar surface area (TPSA) is 59.4 Å². The van der Waals surface area contributed by atoms with Crippen LogP contribution in [0.1, 0.15) is 29.4 Å². The standard InChI is InChI=1S/C13H24N4O2/c1-5-19-13(18)11-9-15-17(4)12(11)10-16(3)8-6-7-14-2/h9,14H,5-8,10H2,1-4H3. The first kappa shape index (κ1) is 15.7. The molecule has 0 atom stereocenters. The maximum Gasteiger partial charge on any atom is 0.341 e. The van der Waals surface area contributed by atoms with Crippen molar-refractivity contribution in [2.24, 2.45) is 7.05 Å². The lowest BCUT2D eigenvalue weighted by Gasteiger charge is -2.17. The summed E-state index contributed by atoms with van der Waals surface area (Å²) in [6, 6.07) is 0. The molecule has 1 rings (SSSR count). The van der Waals surface area contributed by atoms with Gasteiger partial charge < -0.3 is 15.0 Å². The van der Waals surface area contributed by atoms with Gasteiger partial charge in [-0.25, -0.2) is 4.79 Å². The molecular weight excluding hydrogens is 244 g/mol. The Morgan fingerprint density at radius 1 is 1.58 bits per heavy atom. The highest BCUT2D eigenvalue weighted by atomic mass is 16.5. The van der Waals surface area contributed by atoms with Crippen LogP contribution in [0.4, 0.5) is 0 Å². The number of carbonyl (C=O) groups is 1. The molecule has 6 heteroatoms. The van der Waals surface area contributed by atoms with Crippen LogP contribution in [-0.4, -0.2) is 54.4 Å². The minimum absolute atomic E-state index is 0.297. The summed E-state index contributed by atoms with van der Waals surface area (Å²) in [5.74, 6) is -0.297. The maximum atomic E-state index is 11.8. The molecule has 108 valence electrons. The van der Waals surface area contributed by atoms with Crippen LogP contribution in [0.3, 0.4) is 0 Å². The third-order valence-electron chi connectivity index (χ3n) is 2.94. The molecule has 0 spiro atoms. The van der Waals surface area contributed by atoms with E-state index in [2.05, 4.69) is 15.3 Å². The summed E-state index contributed by atoms with van der Waals surface area (Å²) in [5, 5.41) is 7.27. The number of ether oxygens (including phenoxy) is 1. The van der Waals surface area contributed by atoms with E-state index in [9.17, 15) is 4.79 Å². The van der Waals surface area contributed by atoms with E-state index in [1.165, 1.54) is 0 Å². The van der Waals surface area contributed by atoms with E-state index < -0.39 is 0 Å². The summed E-state index contributed by atoms with van der Waals surface area (Å²) in [7, 11) is 5.83. The molecule has 0 unspecified atom stereocenters. The van der Waals surface area contributed by atoms with E-state index in [1.54, 1.807) is 17.8 Å². The summed E-state index contributed by atoms with van der Waals surface area (Å²) in [6.07, 6.45) is 2.65. The van der Waals surface area contributed by atoms with Crippen LogP contribution >= 0.6 is 0 Å². The molecule has 1 heterocycles. The monoisotopic (exact) mass is 268 g/mol. The van der Waals surface area contributed by atoms with E-state index in [1.807, 2.05) is 21.1 Å². The van der Waals surface area contributed by atoms with E-state index in [4.69, 9.17) is 4.74 Å². The highest BCUT2D eigenvalue weighted by Crippen LogP contribution is 2.11. The quantitative estimate of drug-likeness (QED) is 0.554. The molecule has 6 nitrogen and oxygen atoms in total. The molecule has 0 saturated heterocycles. The zero-order chi connectivity index (χ0) is 14.3. The second-order valence-corrected chi connectivity index (χ2v) is 4.54. The molecule has 0 bridgehead atoms. The Morgan fingerprint density at radius 2 is 2.32 bits per heavy atom. The van der Waals surface area contributed by atoms with Crippen molar-refractivity contribution in [1.29, 1.82) is 0 Å². The number of hydrogen-bond donors (Lipinski definition) is 1. The number of esters is 1. The van der Waals surface area contributed by atoms with Gasteiger partial charge in [-0.3, -0.25) is 4.68 Å². The van der Waals surface area contributed by atoms with Gasteiger partial charge in [0.2, 0.25) is 0 Å². The van der Waals surface area contributed by atoms with E-state index in [0.29, 0.717) is 18.7 Å². The molecule has 1 aromatic rings. The predicted molar refractivity (Wildman–Crippen MR) is 74.0 cm³/mol. The number of aromatic nitrogens is 2. The fraction of sp³-hybridized carbons (Fsp3) is 0.692. The van der Waals surface area contributed by atoms with Crippen molar-refractivity contribution in [3.63, 3.8) is 0 Å². The third kappa shape index (κ3) is 4.65. The molecule has 1 aromatic heterocycles. The van der Waals surface area contributed by atoms with Crippen molar-refractivity contribution in [2.45, 2.75) is 19.9 Å². The fourth-order valence-electron chi connectivity index (χ4n) is 1.89. The Bertz CT molecular complexity index is 403. The number of aryl methyl sites for hydroxylation is 1. The molecule has 1 N–H and O–H groups in total. The number of hydrogen-bond acceptors (Lipinski definition) is 5. The Balaban J connectivity index is 2.66. The van der Waals surface area contributed by atoms with Crippen LogP contribution in [0.5, 0.6) is 0 Å². The van der Waals surface area contributed by atoms with Crippen molar-refractivity contribution in [3.05, 3.63) is 17.5 Å². The van der Waals surface area contributed by atoms with Crippen LogP contribution in [0.15, 0.2) is 6.20 Å². The number of carbonyl (C=O) groups excluding carboxylic acids is 1. The van der Waals surface area contributed by atoms with Gasteiger partial charge in [0.05, 0.1) is 18.5 Å². The molecule has 0 aromatic carbocycles. The lowest BCUT2D eigenvalue weighted by atomic mass is 10.2. The van der Waals surface area contributed by atoms with Gasteiger partial charge in [-0.15, -0.1) is 0 Å². The normalized spacial score (nSPS) is 11.0. The predicted octanol–water partition coefficient (Wildman–Crippen LogP) is 0.638. The van der Waals surface area contributed by atoms with Crippen molar-refractivity contribution >= 4 is 5.97 Å². The van der Waals surface area contributed by atoms with E-state index in [0.717, 1.165) is 25.2 Å². The average Bonchev–Trinajstić information content (AvgIpc) is 2.72. The van der Waals surface area contributed by atoms with Gasteiger partial charge in [-0.05, 0) is 40.5 Å². The third-order valence-corrected chi connectivity index (χ3v) is 2.94. The second-order valence-electron chi connectivity index (χ2n) is 4.54. The Hall–Kier alpha value is -1.40. The van der Waals surface area contributed by atoms with E-state index in [-0.39, 0.29) is 5.97 Å². The molecule has 19 heavy (non-hydrogen) atoms. The molecular formula is C13H24N4O2. The Kier molecular flexibility index (Phi) is 6.52. The lowest BCUT2D eigenvalue weighted by Crippen LogP contribution is -2.24. The van der Waals surface area contributed by atoms with Gasteiger partial charge in [0.25, 0.3) is 0 Å². The van der Waals surface area contributed by atoms with Gasteiger partial charge in [-0.1, -0.05) is 0 Å². The molecule has 0 radical (unpaired) electrons. The van der Waals surface area contributed by atoms with Crippen molar-refractivity contribution in [3.8, 4) is 0 Å².